The van der Waals surface area contributed by atoms with Crippen molar-refractivity contribution >= 4 is 86.2 Å². The Balaban J connectivity index is 1.18. The highest BCUT2D eigenvalue weighted by Gasteiger charge is 2.24. The van der Waals surface area contributed by atoms with Crippen LogP contribution in [-0.2, 0) is 0 Å². The van der Waals surface area contributed by atoms with Crippen molar-refractivity contribution in [1.82, 2.24) is 0 Å². The second-order valence-electron chi connectivity index (χ2n) is 16.6. The van der Waals surface area contributed by atoms with Crippen molar-refractivity contribution in [1.29, 1.82) is 0 Å². The van der Waals surface area contributed by atoms with Crippen LogP contribution in [0.2, 0.25) is 0 Å². The summed E-state index contributed by atoms with van der Waals surface area (Å²) in [6, 6.07) is 85.8. The molecule has 62 heavy (non-hydrogen) atoms. The zero-order valence-corrected chi connectivity index (χ0v) is 33.9. The molecule has 286 valence electrons. The molecule has 0 amide bonds. The van der Waals surface area contributed by atoms with Gasteiger partial charge < -0.3 is 0 Å². The van der Waals surface area contributed by atoms with Gasteiger partial charge in [0.05, 0.1) is 0 Å². The Morgan fingerprint density at radius 3 is 1.03 bits per heavy atom. The molecule has 0 heterocycles. The van der Waals surface area contributed by atoms with Crippen LogP contribution in [0.15, 0.2) is 231 Å². The molecule has 0 unspecified atom stereocenters. The summed E-state index contributed by atoms with van der Waals surface area (Å²) in [5, 5.41) is 20.1. The van der Waals surface area contributed by atoms with Gasteiger partial charge in [-0.3, -0.25) is 0 Å². The number of hydrogen-bond donors (Lipinski definition) is 0. The number of fused-ring (bicyclic) bond motifs is 10. The van der Waals surface area contributed by atoms with Crippen LogP contribution in [0.4, 0.5) is 0 Å². The number of hydrogen-bond acceptors (Lipinski definition) is 0. The molecule has 0 saturated carbocycles. The fourth-order valence-corrected chi connectivity index (χ4v) is 10.7. The summed E-state index contributed by atoms with van der Waals surface area (Å²) in [5.74, 6) is 0. The SMILES string of the molecule is c1ccc(-c2cc3ccccc3cc2-c2c3ccccc3c(-c3c4ccccc4c(-c4cc5c6ccccc6ccc5c5ccccc45)c4ccccc34)c3ccccc23)cc1. The Morgan fingerprint density at radius 1 is 0.161 bits per heavy atom. The fraction of sp³-hybridized carbons (Fsp3) is 0. The molecular weight excluding hydrogens is 745 g/mol. The van der Waals surface area contributed by atoms with Gasteiger partial charge in [-0.15, -0.1) is 0 Å². The van der Waals surface area contributed by atoms with Crippen molar-refractivity contribution in [2.24, 2.45) is 0 Å². The quantitative estimate of drug-likeness (QED) is 0.123. The second kappa shape index (κ2) is 13.7. The molecule has 0 aromatic heterocycles. The Hall–Kier alpha value is -8.06. The minimum absolute atomic E-state index is 1.22. The van der Waals surface area contributed by atoms with Crippen molar-refractivity contribution in [2.45, 2.75) is 0 Å². The first-order valence-electron chi connectivity index (χ1n) is 21.6. The van der Waals surface area contributed by atoms with E-state index >= 15 is 0 Å². The number of benzene rings is 13. The van der Waals surface area contributed by atoms with Crippen LogP contribution in [-0.4, -0.2) is 0 Å². The normalized spacial score (nSPS) is 11.9. The van der Waals surface area contributed by atoms with Crippen LogP contribution < -0.4 is 0 Å². The van der Waals surface area contributed by atoms with Gasteiger partial charge in [0.1, 0.15) is 0 Å². The molecule has 0 heteroatoms. The summed E-state index contributed by atoms with van der Waals surface area (Å²) < 4.78 is 0. The molecule has 0 aliphatic heterocycles. The largest absolute Gasteiger partial charge is 0.0622 e. The molecule has 0 spiro atoms. The maximum atomic E-state index is 2.47. The second-order valence-corrected chi connectivity index (χ2v) is 16.6. The van der Waals surface area contributed by atoms with Gasteiger partial charge in [0.2, 0.25) is 0 Å². The summed E-state index contributed by atoms with van der Waals surface area (Å²) in [6.07, 6.45) is 0. The van der Waals surface area contributed by atoms with Gasteiger partial charge in [-0.1, -0.05) is 212 Å². The van der Waals surface area contributed by atoms with Crippen LogP contribution in [0.25, 0.3) is 131 Å². The minimum atomic E-state index is 1.22. The lowest BCUT2D eigenvalue weighted by atomic mass is 9.79. The van der Waals surface area contributed by atoms with Crippen LogP contribution in [0, 0.1) is 0 Å². The van der Waals surface area contributed by atoms with Crippen molar-refractivity contribution in [3.05, 3.63) is 231 Å². The van der Waals surface area contributed by atoms with Crippen molar-refractivity contribution < 1.29 is 0 Å². The van der Waals surface area contributed by atoms with Gasteiger partial charge in [-0.25, -0.2) is 0 Å². The topological polar surface area (TPSA) is 0 Å². The minimum Gasteiger partial charge on any atom is -0.0622 e. The molecular formula is C62H38. The summed E-state index contributed by atoms with van der Waals surface area (Å²) in [7, 11) is 0. The first kappa shape index (κ1) is 34.8. The van der Waals surface area contributed by atoms with Crippen molar-refractivity contribution in [3.8, 4) is 44.5 Å². The zero-order valence-electron chi connectivity index (χ0n) is 33.9. The van der Waals surface area contributed by atoms with Gasteiger partial charge in [0.25, 0.3) is 0 Å². The van der Waals surface area contributed by atoms with E-state index in [4.69, 9.17) is 0 Å². The molecule has 0 nitrogen and oxygen atoms in total. The van der Waals surface area contributed by atoms with Gasteiger partial charge in [0.15, 0.2) is 0 Å². The highest BCUT2D eigenvalue weighted by Crippen LogP contribution is 2.52. The van der Waals surface area contributed by atoms with Crippen LogP contribution >= 0.6 is 0 Å². The highest BCUT2D eigenvalue weighted by atomic mass is 14.3. The third-order valence-corrected chi connectivity index (χ3v) is 13.4. The lowest BCUT2D eigenvalue weighted by Gasteiger charge is -2.23. The van der Waals surface area contributed by atoms with E-state index in [-0.39, 0.29) is 0 Å². The molecule has 13 aromatic rings. The van der Waals surface area contributed by atoms with E-state index < -0.39 is 0 Å². The summed E-state index contributed by atoms with van der Waals surface area (Å²) >= 11 is 0. The monoisotopic (exact) mass is 782 g/mol. The Bertz CT molecular complexity index is 3850. The van der Waals surface area contributed by atoms with Crippen LogP contribution in [0.3, 0.4) is 0 Å². The fourth-order valence-electron chi connectivity index (χ4n) is 10.7. The van der Waals surface area contributed by atoms with E-state index in [0.29, 0.717) is 0 Å². The molecule has 0 radical (unpaired) electrons. The summed E-state index contributed by atoms with van der Waals surface area (Å²) in [6.45, 7) is 0. The van der Waals surface area contributed by atoms with E-state index in [9.17, 15) is 0 Å². The molecule has 0 aliphatic carbocycles. The Morgan fingerprint density at radius 2 is 0.516 bits per heavy atom. The predicted octanol–water partition coefficient (Wildman–Crippen LogP) is 17.6. The third-order valence-electron chi connectivity index (χ3n) is 13.4. The average molecular weight is 783 g/mol. The van der Waals surface area contributed by atoms with E-state index in [1.54, 1.807) is 0 Å². The maximum Gasteiger partial charge on any atom is -0.00139 e. The summed E-state index contributed by atoms with van der Waals surface area (Å²) in [5.41, 5.74) is 10.1. The molecule has 0 fully saturated rings. The van der Waals surface area contributed by atoms with E-state index in [0.717, 1.165) is 0 Å². The van der Waals surface area contributed by atoms with Gasteiger partial charge in [0, 0.05) is 0 Å². The van der Waals surface area contributed by atoms with Crippen molar-refractivity contribution in [2.75, 3.05) is 0 Å². The Labute approximate surface area is 359 Å². The van der Waals surface area contributed by atoms with Gasteiger partial charge in [-0.2, -0.15) is 0 Å². The lowest BCUT2D eigenvalue weighted by Crippen LogP contribution is -1.96. The lowest BCUT2D eigenvalue weighted by molar-refractivity contribution is 1.63. The molecule has 0 aliphatic rings. The van der Waals surface area contributed by atoms with Gasteiger partial charge in [-0.05, 0) is 149 Å². The molecule has 0 bridgehead atoms. The Kier molecular flexibility index (Phi) is 7.71. The standard InChI is InChI=1S/C62H38/c1-2-18-39(19-3-1)55-36-41-21-4-5-22-42(41)37-57(55)59-47-26-10-14-30-51(47)61(52-31-15-11-27-48(52)59)62-53-32-16-12-28-49(53)60(50-29-13-17-33-54(50)62)58-38-56-43-23-7-6-20-40(43)34-35-46(56)44-24-8-9-25-45(44)58/h1-38H. The van der Waals surface area contributed by atoms with Gasteiger partial charge >= 0.3 is 0 Å². The molecule has 13 aromatic carbocycles. The zero-order chi connectivity index (χ0) is 40.7. The van der Waals surface area contributed by atoms with E-state index in [2.05, 4.69) is 231 Å². The number of rotatable bonds is 4. The highest BCUT2D eigenvalue weighted by molar-refractivity contribution is 6.32. The average Bonchev–Trinajstić information content (AvgIpc) is 3.34. The maximum absolute atomic E-state index is 2.47. The molecule has 0 saturated heterocycles. The molecule has 0 N–H and O–H groups in total. The molecule has 13 rings (SSSR count). The van der Waals surface area contributed by atoms with Crippen LogP contribution in [0.1, 0.15) is 0 Å². The third kappa shape index (κ3) is 5.14. The van der Waals surface area contributed by atoms with Crippen molar-refractivity contribution in [3.63, 3.8) is 0 Å². The molecule has 0 atom stereocenters. The smallest absolute Gasteiger partial charge is 0.00139 e. The summed E-state index contributed by atoms with van der Waals surface area (Å²) in [4.78, 5) is 0. The first-order valence-corrected chi connectivity index (χ1v) is 21.6. The predicted molar refractivity (Wildman–Crippen MR) is 268 cm³/mol. The first-order chi connectivity index (χ1) is 30.8. The van der Waals surface area contributed by atoms with Crippen LogP contribution in [0.5, 0.6) is 0 Å². The van der Waals surface area contributed by atoms with E-state index in [1.165, 1.54) is 131 Å². The van der Waals surface area contributed by atoms with E-state index in [1.807, 2.05) is 0 Å².